The Hall–Kier alpha value is -1.18. The summed E-state index contributed by atoms with van der Waals surface area (Å²) in [5.74, 6) is -0.956. The molecule has 0 aromatic heterocycles. The van der Waals surface area contributed by atoms with Crippen LogP contribution in [-0.4, -0.2) is 54.0 Å². The molecule has 7 heteroatoms. The smallest absolute Gasteiger partial charge is 0.317 e. The molecule has 7 nitrogen and oxygen atoms in total. The number of nitrogens with zero attached hydrogens (tertiary/aromatic N) is 1. The third-order valence-electron chi connectivity index (χ3n) is 2.19. The van der Waals surface area contributed by atoms with Crippen molar-refractivity contribution in [2.75, 3.05) is 26.2 Å². The standard InChI is InChI=1S/C9H21N5O2/c10-3-1-4-14(6-8(15)16)5-2-7(11)9(12)13/h7H,1-6,10-11H2,(H3,12,13)(H,15,16). The first-order valence-electron chi connectivity index (χ1n) is 5.21. The summed E-state index contributed by atoms with van der Waals surface area (Å²) < 4.78 is 0. The number of rotatable bonds is 9. The average molecular weight is 231 g/mol. The Kier molecular flexibility index (Phi) is 7.44. The second kappa shape index (κ2) is 8.03. The normalized spacial score (nSPS) is 12.7. The number of hydrogen-bond donors (Lipinski definition) is 5. The van der Waals surface area contributed by atoms with E-state index < -0.39 is 12.0 Å². The van der Waals surface area contributed by atoms with Gasteiger partial charge in [0, 0.05) is 6.54 Å². The second-order valence-electron chi connectivity index (χ2n) is 3.66. The van der Waals surface area contributed by atoms with E-state index in [0.29, 0.717) is 26.1 Å². The Morgan fingerprint density at radius 1 is 1.44 bits per heavy atom. The lowest BCUT2D eigenvalue weighted by atomic mass is 10.2. The lowest BCUT2D eigenvalue weighted by Crippen LogP contribution is -2.40. The molecule has 0 aliphatic heterocycles. The zero-order valence-corrected chi connectivity index (χ0v) is 9.35. The molecule has 1 atom stereocenters. The fourth-order valence-electron chi connectivity index (χ4n) is 1.25. The molecule has 1 unspecified atom stereocenters. The molecule has 0 saturated carbocycles. The fraction of sp³-hybridized carbons (Fsp3) is 0.778. The molecule has 0 fully saturated rings. The summed E-state index contributed by atoms with van der Waals surface area (Å²) in [5, 5.41) is 15.8. The molecular weight excluding hydrogens is 210 g/mol. The van der Waals surface area contributed by atoms with E-state index in [1.807, 2.05) is 0 Å². The molecule has 0 aromatic carbocycles. The summed E-state index contributed by atoms with van der Waals surface area (Å²) in [7, 11) is 0. The molecule has 0 spiro atoms. The molecule has 0 heterocycles. The largest absolute Gasteiger partial charge is 0.480 e. The van der Waals surface area contributed by atoms with Crippen molar-refractivity contribution in [2.24, 2.45) is 17.2 Å². The number of hydrogen-bond acceptors (Lipinski definition) is 5. The number of nitrogens with two attached hydrogens (primary N) is 3. The molecule has 0 radical (unpaired) electrons. The maximum absolute atomic E-state index is 10.6. The van der Waals surface area contributed by atoms with Gasteiger partial charge in [-0.1, -0.05) is 0 Å². The van der Waals surface area contributed by atoms with Crippen LogP contribution < -0.4 is 17.2 Å². The van der Waals surface area contributed by atoms with E-state index in [-0.39, 0.29) is 12.4 Å². The van der Waals surface area contributed by atoms with Crippen molar-refractivity contribution in [1.29, 1.82) is 5.41 Å². The lowest BCUT2D eigenvalue weighted by molar-refractivity contribution is -0.138. The van der Waals surface area contributed by atoms with Crippen molar-refractivity contribution in [1.82, 2.24) is 4.90 Å². The quantitative estimate of drug-likeness (QED) is 0.238. The van der Waals surface area contributed by atoms with Gasteiger partial charge in [-0.15, -0.1) is 0 Å². The van der Waals surface area contributed by atoms with E-state index in [2.05, 4.69) is 0 Å². The first-order chi connectivity index (χ1) is 7.47. The van der Waals surface area contributed by atoms with Gasteiger partial charge in [-0.05, 0) is 25.9 Å². The highest BCUT2D eigenvalue weighted by molar-refractivity contribution is 5.82. The fourth-order valence-corrected chi connectivity index (χ4v) is 1.25. The highest BCUT2D eigenvalue weighted by Crippen LogP contribution is 1.96. The van der Waals surface area contributed by atoms with Crippen molar-refractivity contribution in [3.8, 4) is 0 Å². The van der Waals surface area contributed by atoms with Gasteiger partial charge in [0.25, 0.3) is 0 Å². The summed E-state index contributed by atoms with van der Waals surface area (Å²) in [6.07, 6.45) is 1.22. The van der Waals surface area contributed by atoms with Crippen molar-refractivity contribution >= 4 is 11.8 Å². The van der Waals surface area contributed by atoms with Crippen LogP contribution >= 0.6 is 0 Å². The minimum atomic E-state index is -0.881. The maximum Gasteiger partial charge on any atom is 0.317 e. The predicted octanol–water partition coefficient (Wildman–Crippen LogP) is -1.62. The third kappa shape index (κ3) is 7.16. The predicted molar refractivity (Wildman–Crippen MR) is 62.3 cm³/mol. The van der Waals surface area contributed by atoms with Gasteiger partial charge >= 0.3 is 5.97 Å². The van der Waals surface area contributed by atoms with Gasteiger partial charge in [0.1, 0.15) is 5.84 Å². The summed E-state index contributed by atoms with van der Waals surface area (Å²) in [6, 6.07) is -0.505. The Morgan fingerprint density at radius 2 is 2.06 bits per heavy atom. The van der Waals surface area contributed by atoms with Crippen LogP contribution in [0.4, 0.5) is 0 Å². The summed E-state index contributed by atoms with van der Waals surface area (Å²) in [4.78, 5) is 12.3. The summed E-state index contributed by atoms with van der Waals surface area (Å²) >= 11 is 0. The molecule has 0 rings (SSSR count). The van der Waals surface area contributed by atoms with Gasteiger partial charge in [0.2, 0.25) is 0 Å². The molecule has 8 N–H and O–H groups in total. The van der Waals surface area contributed by atoms with Gasteiger partial charge in [-0.3, -0.25) is 15.1 Å². The van der Waals surface area contributed by atoms with Crippen LogP contribution in [-0.2, 0) is 4.79 Å². The molecule has 0 aliphatic rings. The lowest BCUT2D eigenvalue weighted by Gasteiger charge is -2.21. The zero-order valence-electron chi connectivity index (χ0n) is 9.35. The monoisotopic (exact) mass is 231 g/mol. The Morgan fingerprint density at radius 3 is 2.50 bits per heavy atom. The van der Waals surface area contributed by atoms with E-state index in [1.165, 1.54) is 0 Å². The van der Waals surface area contributed by atoms with Crippen LogP contribution in [0.3, 0.4) is 0 Å². The van der Waals surface area contributed by atoms with E-state index in [4.69, 9.17) is 27.7 Å². The molecular formula is C9H21N5O2. The van der Waals surface area contributed by atoms with Crippen LogP contribution in [0.15, 0.2) is 0 Å². The van der Waals surface area contributed by atoms with Crippen molar-refractivity contribution < 1.29 is 9.90 Å². The maximum atomic E-state index is 10.6. The van der Waals surface area contributed by atoms with E-state index in [0.717, 1.165) is 6.42 Å². The number of carboxylic acid groups (broad SMARTS) is 1. The minimum absolute atomic E-state index is 0.0371. The molecule has 0 bridgehead atoms. The number of amidine groups is 1. The van der Waals surface area contributed by atoms with Crippen molar-refractivity contribution in [3.05, 3.63) is 0 Å². The van der Waals surface area contributed by atoms with Crippen molar-refractivity contribution in [3.63, 3.8) is 0 Å². The first-order valence-corrected chi connectivity index (χ1v) is 5.21. The van der Waals surface area contributed by atoms with Gasteiger partial charge in [-0.25, -0.2) is 0 Å². The summed E-state index contributed by atoms with van der Waals surface area (Å²) in [6.45, 7) is 1.61. The van der Waals surface area contributed by atoms with Crippen LogP contribution in [0.2, 0.25) is 0 Å². The average Bonchev–Trinajstić information content (AvgIpc) is 2.20. The van der Waals surface area contributed by atoms with Crippen LogP contribution in [0.1, 0.15) is 12.8 Å². The van der Waals surface area contributed by atoms with Crippen molar-refractivity contribution in [2.45, 2.75) is 18.9 Å². The summed E-state index contributed by atoms with van der Waals surface area (Å²) in [5.41, 5.74) is 16.2. The van der Waals surface area contributed by atoms with E-state index in [9.17, 15) is 4.79 Å². The molecule has 0 saturated heterocycles. The Balaban J connectivity index is 3.99. The van der Waals surface area contributed by atoms with Crippen LogP contribution in [0, 0.1) is 5.41 Å². The highest BCUT2D eigenvalue weighted by Gasteiger charge is 2.12. The highest BCUT2D eigenvalue weighted by atomic mass is 16.4. The van der Waals surface area contributed by atoms with Gasteiger partial charge in [-0.2, -0.15) is 0 Å². The van der Waals surface area contributed by atoms with E-state index in [1.54, 1.807) is 4.90 Å². The number of carboxylic acids is 1. The Bertz CT molecular complexity index is 234. The molecule has 16 heavy (non-hydrogen) atoms. The number of carbonyl (C=O) groups is 1. The SMILES string of the molecule is N=C(N)C(N)CCN(CCCN)CC(=O)O. The molecule has 0 aliphatic carbocycles. The number of aliphatic carboxylic acids is 1. The zero-order chi connectivity index (χ0) is 12.6. The van der Waals surface area contributed by atoms with Gasteiger partial charge in [0.15, 0.2) is 0 Å². The van der Waals surface area contributed by atoms with Gasteiger partial charge in [0.05, 0.1) is 12.6 Å². The Labute approximate surface area is 95.1 Å². The molecule has 94 valence electrons. The molecule has 0 aromatic rings. The van der Waals surface area contributed by atoms with E-state index >= 15 is 0 Å². The second-order valence-corrected chi connectivity index (χ2v) is 3.66. The number of nitrogens with one attached hydrogen (secondary N) is 1. The topological polar surface area (TPSA) is 142 Å². The first kappa shape index (κ1) is 14.8. The third-order valence-corrected chi connectivity index (χ3v) is 2.19. The van der Waals surface area contributed by atoms with Gasteiger partial charge < -0.3 is 22.3 Å². The minimum Gasteiger partial charge on any atom is -0.480 e. The van der Waals surface area contributed by atoms with Crippen LogP contribution in [0.5, 0.6) is 0 Å². The van der Waals surface area contributed by atoms with Crippen LogP contribution in [0.25, 0.3) is 0 Å². The molecule has 0 amide bonds.